The number of hydrogen-bond acceptors (Lipinski definition) is 2. The maximum absolute atomic E-state index is 13.3. The van der Waals surface area contributed by atoms with Crippen LogP contribution in [0.1, 0.15) is 4.88 Å². The lowest BCUT2D eigenvalue weighted by Gasteiger charge is -2.02. The Hall–Kier alpha value is -1.53. The third-order valence-electron chi connectivity index (χ3n) is 2.71. The highest BCUT2D eigenvalue weighted by Gasteiger charge is 2.10. The summed E-state index contributed by atoms with van der Waals surface area (Å²) in [4.78, 5) is 3.99. The first-order valence-corrected chi connectivity index (χ1v) is 6.54. The summed E-state index contributed by atoms with van der Waals surface area (Å²) in [5, 5.41) is 1.97. The molecule has 1 N–H and O–H groups in total. The van der Waals surface area contributed by atoms with Crippen LogP contribution in [0.2, 0.25) is 0 Å². The van der Waals surface area contributed by atoms with Gasteiger partial charge in [0.2, 0.25) is 0 Å². The van der Waals surface area contributed by atoms with Crippen molar-refractivity contribution >= 4 is 34.6 Å². The molecule has 0 spiro atoms. The van der Waals surface area contributed by atoms with Gasteiger partial charge in [-0.1, -0.05) is 6.07 Å². The second-order valence-corrected chi connectivity index (χ2v) is 5.30. The first-order valence-electron chi connectivity index (χ1n) is 5.25. The number of rotatable bonds is 2. The minimum atomic E-state index is -0.873. The molecule has 3 aromatic rings. The number of halogens is 2. The summed E-state index contributed by atoms with van der Waals surface area (Å²) < 4.78 is 28.6. The summed E-state index contributed by atoms with van der Waals surface area (Å²) in [6.07, 6.45) is 0. The highest BCUT2D eigenvalue weighted by atomic mass is 32.1. The zero-order chi connectivity index (χ0) is 12.7. The number of nitrogens with zero attached hydrogens (tertiary/aromatic N) is 1. The van der Waals surface area contributed by atoms with Gasteiger partial charge in [0, 0.05) is 17.0 Å². The number of fused-ring (bicyclic) bond motifs is 1. The molecule has 18 heavy (non-hydrogen) atoms. The maximum Gasteiger partial charge on any atom is 0.178 e. The Bertz CT molecular complexity index is 756. The molecule has 2 nitrogen and oxygen atoms in total. The largest absolute Gasteiger partial charge is 0.330 e. The topological polar surface area (TPSA) is 20.7 Å². The molecular formula is C12H8F2N2S2. The number of benzene rings is 1. The summed E-state index contributed by atoms with van der Waals surface area (Å²) in [5.41, 5.74) is 1.09. The molecule has 3 rings (SSSR count). The molecule has 0 atom stereocenters. The molecule has 0 fully saturated rings. The van der Waals surface area contributed by atoms with E-state index >= 15 is 0 Å². The molecule has 0 bridgehead atoms. The van der Waals surface area contributed by atoms with Crippen LogP contribution >= 0.6 is 23.6 Å². The fraction of sp³-hybridized carbons (Fsp3) is 0.0833. The molecule has 0 saturated heterocycles. The molecule has 0 aliphatic rings. The number of hydrogen-bond donors (Lipinski definition) is 1. The van der Waals surface area contributed by atoms with Crippen molar-refractivity contribution in [2.24, 2.45) is 0 Å². The van der Waals surface area contributed by atoms with E-state index in [9.17, 15) is 8.78 Å². The minimum Gasteiger partial charge on any atom is -0.330 e. The van der Waals surface area contributed by atoms with Gasteiger partial charge in [-0.2, -0.15) is 0 Å². The first kappa shape index (κ1) is 11.6. The highest BCUT2D eigenvalue weighted by Crippen LogP contribution is 2.20. The lowest BCUT2D eigenvalue weighted by molar-refractivity contribution is 0.510. The predicted octanol–water partition coefficient (Wildman–Crippen LogP) is 4.09. The van der Waals surface area contributed by atoms with Crippen molar-refractivity contribution in [1.29, 1.82) is 0 Å². The average Bonchev–Trinajstić information content (AvgIpc) is 2.92. The number of H-pyrrole nitrogens is 1. The average molecular weight is 282 g/mol. The van der Waals surface area contributed by atoms with E-state index in [0.717, 1.165) is 10.9 Å². The van der Waals surface area contributed by atoms with Crippen molar-refractivity contribution < 1.29 is 8.78 Å². The standard InChI is InChI=1S/C12H8F2N2S2/c13-8-4-10-11(5-9(8)14)16(12(17)15-10)6-7-2-1-3-18-7/h1-5H,6H2,(H,15,17). The van der Waals surface area contributed by atoms with E-state index in [1.807, 2.05) is 17.5 Å². The number of nitrogens with one attached hydrogen (secondary N) is 1. The summed E-state index contributed by atoms with van der Waals surface area (Å²) in [6, 6.07) is 6.22. The van der Waals surface area contributed by atoms with Gasteiger partial charge in [0.05, 0.1) is 17.6 Å². The van der Waals surface area contributed by atoms with Crippen molar-refractivity contribution in [3.05, 3.63) is 50.9 Å². The van der Waals surface area contributed by atoms with E-state index in [1.165, 1.54) is 6.07 Å². The summed E-state index contributed by atoms with van der Waals surface area (Å²) in [7, 11) is 0. The van der Waals surface area contributed by atoms with Crippen LogP contribution in [0.4, 0.5) is 8.78 Å². The molecule has 0 radical (unpaired) electrons. The van der Waals surface area contributed by atoms with E-state index in [4.69, 9.17) is 12.2 Å². The van der Waals surface area contributed by atoms with Crippen LogP contribution in [0.15, 0.2) is 29.6 Å². The van der Waals surface area contributed by atoms with Gasteiger partial charge >= 0.3 is 0 Å². The van der Waals surface area contributed by atoms with Crippen molar-refractivity contribution in [2.75, 3.05) is 0 Å². The zero-order valence-electron chi connectivity index (χ0n) is 9.11. The Morgan fingerprint density at radius 1 is 1.28 bits per heavy atom. The number of aromatic nitrogens is 2. The Balaban J connectivity index is 2.19. The lowest BCUT2D eigenvalue weighted by atomic mass is 10.3. The predicted molar refractivity (Wildman–Crippen MR) is 70.5 cm³/mol. The van der Waals surface area contributed by atoms with Gasteiger partial charge < -0.3 is 9.55 Å². The monoisotopic (exact) mass is 282 g/mol. The molecule has 0 aliphatic carbocycles. The Morgan fingerprint density at radius 2 is 2.06 bits per heavy atom. The van der Waals surface area contributed by atoms with Crippen LogP contribution in [-0.2, 0) is 6.54 Å². The fourth-order valence-corrected chi connectivity index (χ4v) is 2.83. The summed E-state index contributed by atoms with van der Waals surface area (Å²) >= 11 is 6.78. The molecule has 0 unspecified atom stereocenters. The molecule has 0 saturated carbocycles. The van der Waals surface area contributed by atoms with Crippen molar-refractivity contribution in [1.82, 2.24) is 9.55 Å². The van der Waals surface area contributed by atoms with Gasteiger partial charge in [-0.25, -0.2) is 8.78 Å². The Kier molecular flexibility index (Phi) is 2.76. The molecule has 1 aromatic carbocycles. The van der Waals surface area contributed by atoms with E-state index in [1.54, 1.807) is 15.9 Å². The molecule has 0 amide bonds. The van der Waals surface area contributed by atoms with Crippen molar-refractivity contribution in [2.45, 2.75) is 6.54 Å². The van der Waals surface area contributed by atoms with E-state index in [-0.39, 0.29) is 0 Å². The summed E-state index contributed by atoms with van der Waals surface area (Å²) in [6.45, 7) is 0.557. The van der Waals surface area contributed by atoms with Crippen molar-refractivity contribution in [3.63, 3.8) is 0 Å². The second kappa shape index (κ2) is 4.29. The third-order valence-corrected chi connectivity index (χ3v) is 3.89. The first-order chi connectivity index (χ1) is 8.65. The minimum absolute atomic E-state index is 0.461. The van der Waals surface area contributed by atoms with Crippen LogP contribution in [0.5, 0.6) is 0 Å². The lowest BCUT2D eigenvalue weighted by Crippen LogP contribution is -1.98. The number of imidazole rings is 1. The maximum atomic E-state index is 13.3. The van der Waals surface area contributed by atoms with E-state index in [0.29, 0.717) is 22.3 Å². The normalized spacial score (nSPS) is 11.2. The molecule has 2 aromatic heterocycles. The molecule has 2 heterocycles. The van der Waals surface area contributed by atoms with Gasteiger partial charge in [0.25, 0.3) is 0 Å². The van der Waals surface area contributed by atoms with Gasteiger partial charge in [-0.3, -0.25) is 0 Å². The van der Waals surface area contributed by atoms with Gasteiger partial charge in [-0.15, -0.1) is 11.3 Å². The van der Waals surface area contributed by atoms with E-state index < -0.39 is 11.6 Å². The van der Waals surface area contributed by atoms with Gasteiger partial charge in [-0.05, 0) is 23.7 Å². The second-order valence-electron chi connectivity index (χ2n) is 3.88. The van der Waals surface area contributed by atoms with Crippen LogP contribution in [-0.4, -0.2) is 9.55 Å². The van der Waals surface area contributed by atoms with Crippen molar-refractivity contribution in [3.8, 4) is 0 Å². The fourth-order valence-electron chi connectivity index (χ4n) is 1.87. The van der Waals surface area contributed by atoms with Gasteiger partial charge in [0.1, 0.15) is 0 Å². The Labute approximate surface area is 111 Å². The number of thiophene rings is 1. The molecule has 92 valence electrons. The van der Waals surface area contributed by atoms with Crippen LogP contribution in [0.3, 0.4) is 0 Å². The number of aromatic amines is 1. The highest BCUT2D eigenvalue weighted by molar-refractivity contribution is 7.71. The smallest absolute Gasteiger partial charge is 0.178 e. The summed E-state index contributed by atoms with van der Waals surface area (Å²) in [5.74, 6) is -1.74. The van der Waals surface area contributed by atoms with Gasteiger partial charge in [0.15, 0.2) is 16.4 Å². The Morgan fingerprint density at radius 3 is 2.78 bits per heavy atom. The quantitative estimate of drug-likeness (QED) is 0.702. The third kappa shape index (κ3) is 1.87. The molecular weight excluding hydrogens is 274 g/mol. The SMILES string of the molecule is Fc1cc2[nH]c(=S)n(Cc3cccs3)c2cc1F. The van der Waals surface area contributed by atoms with Crippen LogP contribution in [0, 0.1) is 16.4 Å². The molecule has 6 heteroatoms. The van der Waals surface area contributed by atoms with Crippen LogP contribution < -0.4 is 0 Å². The van der Waals surface area contributed by atoms with Crippen LogP contribution in [0.25, 0.3) is 11.0 Å². The van der Waals surface area contributed by atoms with E-state index in [2.05, 4.69) is 4.98 Å². The zero-order valence-corrected chi connectivity index (χ0v) is 10.7. The molecule has 0 aliphatic heterocycles.